The lowest BCUT2D eigenvalue weighted by Gasteiger charge is -2.50. The van der Waals surface area contributed by atoms with Crippen molar-refractivity contribution in [2.24, 2.45) is 17.3 Å². The largest absolute Gasteiger partial charge is 0.423 e. The minimum absolute atomic E-state index is 0.112. The molecule has 29 heavy (non-hydrogen) atoms. The van der Waals surface area contributed by atoms with E-state index in [0.29, 0.717) is 29.1 Å². The lowest BCUT2D eigenvalue weighted by Crippen LogP contribution is -2.43. The summed E-state index contributed by atoms with van der Waals surface area (Å²) in [5, 5.41) is 10.6. The average Bonchev–Trinajstić information content (AvgIpc) is 3.02. The molecule has 0 bridgehead atoms. The lowest BCUT2D eigenvalue weighted by molar-refractivity contribution is -0.0226. The van der Waals surface area contributed by atoms with Crippen molar-refractivity contribution in [2.45, 2.75) is 57.5 Å². The summed E-state index contributed by atoms with van der Waals surface area (Å²) < 4.78 is 6.61. The molecule has 1 N–H and O–H groups in total. The van der Waals surface area contributed by atoms with Crippen LogP contribution in [-0.2, 0) is 6.42 Å². The van der Waals surface area contributed by atoms with E-state index in [9.17, 15) is 9.90 Å². The van der Waals surface area contributed by atoms with Crippen LogP contribution in [0.25, 0.3) is 0 Å². The summed E-state index contributed by atoms with van der Waals surface area (Å²) in [5.41, 5.74) is 3.50. The van der Waals surface area contributed by atoms with Gasteiger partial charge >= 0.3 is 5.97 Å². The molecule has 4 heteroatoms. The van der Waals surface area contributed by atoms with Crippen molar-refractivity contribution in [1.82, 2.24) is 0 Å². The van der Waals surface area contributed by atoms with Crippen LogP contribution in [0, 0.1) is 20.8 Å². The first-order valence-corrected chi connectivity index (χ1v) is 11.8. The van der Waals surface area contributed by atoms with Crippen LogP contribution in [0.4, 0.5) is 0 Å². The van der Waals surface area contributed by atoms with Crippen LogP contribution in [0.5, 0.6) is 5.75 Å². The average molecular weight is 502 g/mol. The van der Waals surface area contributed by atoms with Crippen molar-refractivity contribution < 1.29 is 14.6 Å². The number of rotatable bonds is 2. The monoisotopic (exact) mass is 502 g/mol. The molecule has 3 nitrogen and oxygen atoms in total. The molecular weight excluding hydrogens is 475 g/mol. The third-order valence-electron chi connectivity index (χ3n) is 7.95. The number of fused-ring (bicyclic) bond motifs is 5. The number of halogens is 1. The van der Waals surface area contributed by atoms with Gasteiger partial charge in [0.15, 0.2) is 0 Å². The molecule has 5 unspecified atom stereocenters. The summed E-state index contributed by atoms with van der Waals surface area (Å²) in [6, 6.07) is 13.7. The van der Waals surface area contributed by atoms with Gasteiger partial charge in [0.25, 0.3) is 0 Å². The van der Waals surface area contributed by atoms with Crippen LogP contribution >= 0.6 is 22.6 Å². The fourth-order valence-corrected chi connectivity index (χ4v) is 6.99. The van der Waals surface area contributed by atoms with E-state index in [1.807, 2.05) is 30.3 Å². The number of ether oxygens (including phenoxy) is 1. The van der Waals surface area contributed by atoms with Gasteiger partial charge < -0.3 is 9.84 Å². The summed E-state index contributed by atoms with van der Waals surface area (Å²) in [6.45, 7) is 2.31. The van der Waals surface area contributed by atoms with Gasteiger partial charge in [0.05, 0.1) is 11.7 Å². The SMILES string of the molecule is CC12CCC3c4ccc(OC(=O)c5ccccc5I)cc4CCC3C1CCC2O. The maximum atomic E-state index is 12.6. The van der Waals surface area contributed by atoms with Gasteiger partial charge in [0.1, 0.15) is 5.75 Å². The van der Waals surface area contributed by atoms with Crippen molar-refractivity contribution in [1.29, 1.82) is 0 Å². The predicted octanol–water partition coefficient (Wildman–Crippen LogP) is 5.73. The maximum absolute atomic E-state index is 12.6. The second kappa shape index (κ2) is 7.38. The van der Waals surface area contributed by atoms with Crippen molar-refractivity contribution in [2.75, 3.05) is 0 Å². The predicted molar refractivity (Wildman–Crippen MR) is 121 cm³/mol. The zero-order chi connectivity index (χ0) is 20.2. The highest BCUT2D eigenvalue weighted by Gasteiger charge is 2.54. The Bertz CT molecular complexity index is 955. The van der Waals surface area contributed by atoms with E-state index in [4.69, 9.17) is 4.74 Å². The van der Waals surface area contributed by atoms with Crippen LogP contribution in [0.2, 0.25) is 0 Å². The molecule has 0 spiro atoms. The normalized spacial score (nSPS) is 32.8. The third kappa shape index (κ3) is 3.23. The smallest absolute Gasteiger partial charge is 0.344 e. The van der Waals surface area contributed by atoms with Crippen LogP contribution < -0.4 is 4.74 Å². The third-order valence-corrected chi connectivity index (χ3v) is 8.89. The highest BCUT2D eigenvalue weighted by Crippen LogP contribution is 2.60. The first kappa shape index (κ1) is 19.6. The zero-order valence-electron chi connectivity index (χ0n) is 16.7. The van der Waals surface area contributed by atoms with E-state index in [2.05, 4.69) is 41.6 Å². The number of hydrogen-bond acceptors (Lipinski definition) is 3. The molecule has 3 aliphatic rings. The zero-order valence-corrected chi connectivity index (χ0v) is 18.9. The molecule has 0 heterocycles. The molecule has 0 radical (unpaired) electrons. The molecule has 5 rings (SSSR count). The quantitative estimate of drug-likeness (QED) is 0.324. The molecule has 5 atom stereocenters. The van der Waals surface area contributed by atoms with E-state index in [0.717, 1.165) is 29.3 Å². The van der Waals surface area contributed by atoms with Gasteiger partial charge in [-0.2, -0.15) is 0 Å². The summed E-state index contributed by atoms with van der Waals surface area (Å²) in [4.78, 5) is 12.6. The van der Waals surface area contributed by atoms with E-state index in [1.54, 1.807) is 0 Å². The van der Waals surface area contributed by atoms with Crippen molar-refractivity contribution in [3.63, 3.8) is 0 Å². The molecule has 2 fully saturated rings. The second-order valence-electron chi connectivity index (χ2n) is 9.28. The summed E-state index contributed by atoms with van der Waals surface area (Å²) in [7, 11) is 0. The number of hydrogen-bond donors (Lipinski definition) is 1. The Morgan fingerprint density at radius 2 is 1.97 bits per heavy atom. The van der Waals surface area contributed by atoms with Crippen LogP contribution in [-0.4, -0.2) is 17.2 Å². The Morgan fingerprint density at radius 3 is 2.79 bits per heavy atom. The number of benzene rings is 2. The number of aliphatic hydroxyl groups is 1. The molecule has 0 saturated heterocycles. The Morgan fingerprint density at radius 1 is 1.14 bits per heavy atom. The summed E-state index contributed by atoms with van der Waals surface area (Å²) in [6.07, 6.45) is 6.49. The van der Waals surface area contributed by atoms with Gasteiger partial charge in [-0.1, -0.05) is 25.1 Å². The second-order valence-corrected chi connectivity index (χ2v) is 10.4. The minimum Gasteiger partial charge on any atom is -0.423 e. The Hall–Kier alpha value is -1.40. The molecule has 0 aliphatic heterocycles. The topological polar surface area (TPSA) is 46.5 Å². The molecule has 0 aromatic heterocycles. The summed E-state index contributed by atoms with van der Waals surface area (Å²) in [5.74, 6) is 2.25. The molecule has 3 aliphatic carbocycles. The molecule has 0 amide bonds. The maximum Gasteiger partial charge on any atom is 0.344 e. The summed E-state index contributed by atoms with van der Waals surface area (Å²) >= 11 is 2.17. The molecule has 152 valence electrons. The first-order chi connectivity index (χ1) is 14.0. The standard InChI is InChI=1S/C25H27IO3/c1-25-13-12-18-17-9-7-16(29-24(28)20-4-2-3-5-22(20)26)14-15(17)6-8-19(18)21(25)10-11-23(25)27/h2-5,7,9,14,18-19,21,23,27H,6,8,10-13H2,1H3. The lowest BCUT2D eigenvalue weighted by atomic mass is 9.55. The fourth-order valence-electron chi connectivity index (χ4n) is 6.38. The van der Waals surface area contributed by atoms with Crippen LogP contribution in [0.3, 0.4) is 0 Å². The van der Waals surface area contributed by atoms with Crippen molar-refractivity contribution in [3.8, 4) is 5.75 Å². The van der Waals surface area contributed by atoms with Gasteiger partial charge in [0, 0.05) is 3.57 Å². The van der Waals surface area contributed by atoms with Crippen molar-refractivity contribution >= 4 is 28.6 Å². The van der Waals surface area contributed by atoms with Crippen molar-refractivity contribution in [3.05, 3.63) is 62.7 Å². The minimum atomic E-state index is -0.294. The Kier molecular flexibility index (Phi) is 4.98. The molecular formula is C25H27IO3. The van der Waals surface area contributed by atoms with E-state index < -0.39 is 0 Å². The first-order valence-electron chi connectivity index (χ1n) is 10.7. The van der Waals surface area contributed by atoms with E-state index in [-0.39, 0.29) is 17.5 Å². The van der Waals surface area contributed by atoms with Crippen LogP contribution in [0.1, 0.15) is 66.4 Å². The number of carbonyl (C=O) groups excluding carboxylic acids is 1. The number of esters is 1. The van der Waals surface area contributed by atoms with Gasteiger partial charge in [-0.3, -0.25) is 0 Å². The molecule has 2 saturated carbocycles. The Balaban J connectivity index is 1.37. The highest BCUT2D eigenvalue weighted by atomic mass is 127. The van der Waals surface area contributed by atoms with Crippen LogP contribution in [0.15, 0.2) is 42.5 Å². The van der Waals surface area contributed by atoms with Gasteiger partial charge in [-0.25, -0.2) is 4.79 Å². The number of aryl methyl sites for hydroxylation is 1. The molecule has 2 aromatic carbocycles. The van der Waals surface area contributed by atoms with E-state index in [1.165, 1.54) is 24.0 Å². The fraction of sp³-hybridized carbons (Fsp3) is 0.480. The van der Waals surface area contributed by atoms with Gasteiger partial charge in [-0.05, 0) is 120 Å². The van der Waals surface area contributed by atoms with Gasteiger partial charge in [0.2, 0.25) is 0 Å². The number of carbonyl (C=O) groups is 1. The number of aliphatic hydroxyl groups excluding tert-OH is 1. The van der Waals surface area contributed by atoms with E-state index >= 15 is 0 Å². The highest BCUT2D eigenvalue weighted by molar-refractivity contribution is 14.1. The Labute approximate surface area is 186 Å². The molecule has 2 aromatic rings. The van der Waals surface area contributed by atoms with Gasteiger partial charge in [-0.15, -0.1) is 0 Å².